The Hall–Kier alpha value is -3.65. The lowest BCUT2D eigenvalue weighted by molar-refractivity contribution is 0.290. The zero-order chi connectivity index (χ0) is 26.4. The zero-order valence-electron chi connectivity index (χ0n) is 22.2. The van der Waals surface area contributed by atoms with Gasteiger partial charge in [-0.3, -0.25) is 13.9 Å². The average molecular weight is 503 g/mol. The summed E-state index contributed by atoms with van der Waals surface area (Å²) in [6.07, 6.45) is 1.93. The van der Waals surface area contributed by atoms with Crippen molar-refractivity contribution < 1.29 is 0 Å². The Morgan fingerprint density at radius 3 is 2.16 bits per heavy atom. The third-order valence-corrected chi connectivity index (χ3v) is 6.98. The molecule has 8 heteroatoms. The SMILES string of the molecule is CCCn1c(=O)c2c(nc(Cc3ccccc3)n2CCN(CC)CC)n(CCc2ccc(N)cc2)c1=O. The topological polar surface area (TPSA) is 91.1 Å². The summed E-state index contributed by atoms with van der Waals surface area (Å²) in [5.41, 5.74) is 9.19. The number of nitrogen functional groups attached to an aromatic ring is 1. The van der Waals surface area contributed by atoms with Crippen LogP contribution in [0.25, 0.3) is 11.2 Å². The van der Waals surface area contributed by atoms with E-state index in [0.717, 1.165) is 36.6 Å². The van der Waals surface area contributed by atoms with Gasteiger partial charge in [-0.2, -0.15) is 0 Å². The van der Waals surface area contributed by atoms with E-state index in [-0.39, 0.29) is 11.2 Å². The van der Waals surface area contributed by atoms with Gasteiger partial charge in [0.2, 0.25) is 0 Å². The smallest absolute Gasteiger partial charge is 0.332 e. The van der Waals surface area contributed by atoms with Gasteiger partial charge in [0.05, 0.1) is 0 Å². The van der Waals surface area contributed by atoms with Crippen LogP contribution in [0.15, 0.2) is 64.2 Å². The average Bonchev–Trinajstić information content (AvgIpc) is 3.26. The molecule has 0 spiro atoms. The number of nitrogens with two attached hydrogens (primary N) is 1. The van der Waals surface area contributed by atoms with Crippen molar-refractivity contribution in [1.29, 1.82) is 0 Å². The molecular formula is C29H38N6O2. The third-order valence-electron chi connectivity index (χ3n) is 6.98. The van der Waals surface area contributed by atoms with Gasteiger partial charge < -0.3 is 15.2 Å². The van der Waals surface area contributed by atoms with Gasteiger partial charge >= 0.3 is 5.69 Å². The Labute approximate surface area is 218 Å². The molecule has 8 nitrogen and oxygen atoms in total. The molecule has 2 aromatic heterocycles. The monoisotopic (exact) mass is 502 g/mol. The van der Waals surface area contributed by atoms with Gasteiger partial charge in [0.25, 0.3) is 5.56 Å². The van der Waals surface area contributed by atoms with E-state index in [2.05, 4.69) is 30.9 Å². The Morgan fingerprint density at radius 1 is 0.811 bits per heavy atom. The second kappa shape index (κ2) is 12.1. The molecule has 2 N–H and O–H groups in total. The molecule has 0 bridgehead atoms. The van der Waals surface area contributed by atoms with Crippen LogP contribution < -0.4 is 17.0 Å². The minimum absolute atomic E-state index is 0.253. The molecule has 0 aliphatic rings. The second-order valence-electron chi connectivity index (χ2n) is 9.42. The Kier molecular flexibility index (Phi) is 8.61. The van der Waals surface area contributed by atoms with E-state index >= 15 is 0 Å². The molecular weight excluding hydrogens is 464 g/mol. The van der Waals surface area contributed by atoms with Gasteiger partial charge in [0.15, 0.2) is 11.2 Å². The molecule has 0 amide bonds. The molecule has 4 aromatic rings. The molecule has 196 valence electrons. The van der Waals surface area contributed by atoms with Crippen LogP contribution in [-0.4, -0.2) is 43.2 Å². The number of rotatable bonds is 12. The first kappa shape index (κ1) is 26.4. The van der Waals surface area contributed by atoms with Gasteiger partial charge in [-0.15, -0.1) is 0 Å². The predicted molar refractivity (Wildman–Crippen MR) is 150 cm³/mol. The van der Waals surface area contributed by atoms with E-state index in [9.17, 15) is 9.59 Å². The number of hydrogen-bond acceptors (Lipinski definition) is 5. The quantitative estimate of drug-likeness (QED) is 0.299. The number of anilines is 1. The summed E-state index contributed by atoms with van der Waals surface area (Å²) in [5, 5.41) is 0. The number of likely N-dealkylation sites (N-methyl/N-ethyl adjacent to an activating group) is 1. The van der Waals surface area contributed by atoms with E-state index in [4.69, 9.17) is 10.7 Å². The summed E-state index contributed by atoms with van der Waals surface area (Å²) in [7, 11) is 0. The molecule has 0 saturated carbocycles. The maximum absolute atomic E-state index is 13.7. The van der Waals surface area contributed by atoms with Gasteiger partial charge in [-0.25, -0.2) is 9.78 Å². The van der Waals surface area contributed by atoms with Crippen LogP contribution in [0, 0.1) is 0 Å². The first-order chi connectivity index (χ1) is 18.0. The molecule has 0 radical (unpaired) electrons. The normalized spacial score (nSPS) is 11.6. The molecule has 2 heterocycles. The van der Waals surface area contributed by atoms with Crippen molar-refractivity contribution >= 4 is 16.9 Å². The molecule has 2 aromatic carbocycles. The van der Waals surface area contributed by atoms with E-state index in [1.54, 1.807) is 4.57 Å². The first-order valence-corrected chi connectivity index (χ1v) is 13.3. The number of hydrogen-bond donors (Lipinski definition) is 1. The molecule has 0 saturated heterocycles. The molecule has 4 rings (SSSR count). The van der Waals surface area contributed by atoms with Gasteiger partial charge in [-0.1, -0.05) is 63.2 Å². The molecule has 0 atom stereocenters. The highest BCUT2D eigenvalue weighted by Gasteiger charge is 2.22. The van der Waals surface area contributed by atoms with Crippen molar-refractivity contribution in [2.45, 2.75) is 59.7 Å². The highest BCUT2D eigenvalue weighted by molar-refractivity contribution is 5.71. The summed E-state index contributed by atoms with van der Waals surface area (Å²) in [4.78, 5) is 34.6. The van der Waals surface area contributed by atoms with Crippen LogP contribution in [0.1, 0.15) is 44.1 Å². The maximum Gasteiger partial charge on any atom is 0.332 e. The van der Waals surface area contributed by atoms with Crippen LogP contribution >= 0.6 is 0 Å². The van der Waals surface area contributed by atoms with E-state index < -0.39 is 0 Å². The molecule has 37 heavy (non-hydrogen) atoms. The number of aromatic nitrogens is 4. The summed E-state index contributed by atoms with van der Waals surface area (Å²) < 4.78 is 5.12. The van der Waals surface area contributed by atoms with Crippen molar-refractivity contribution in [3.8, 4) is 0 Å². The predicted octanol–water partition coefficient (Wildman–Crippen LogP) is 3.53. The fourth-order valence-electron chi connectivity index (χ4n) is 4.82. The van der Waals surface area contributed by atoms with Gasteiger partial charge in [0.1, 0.15) is 5.82 Å². The van der Waals surface area contributed by atoms with Crippen molar-refractivity contribution in [3.05, 3.63) is 92.4 Å². The maximum atomic E-state index is 13.7. The Balaban J connectivity index is 1.86. The Bertz CT molecular complexity index is 1430. The first-order valence-electron chi connectivity index (χ1n) is 13.3. The molecule has 0 aliphatic carbocycles. The van der Waals surface area contributed by atoms with Crippen LogP contribution in [0.2, 0.25) is 0 Å². The van der Waals surface area contributed by atoms with Crippen molar-refractivity contribution in [3.63, 3.8) is 0 Å². The van der Waals surface area contributed by atoms with E-state index in [1.165, 1.54) is 4.57 Å². The molecule has 0 fully saturated rings. The number of aryl methyl sites for hydroxylation is 2. The zero-order valence-corrected chi connectivity index (χ0v) is 22.2. The van der Waals surface area contributed by atoms with Crippen molar-refractivity contribution in [2.75, 3.05) is 25.4 Å². The standard InChI is InChI=1S/C29H38N6O2/c1-4-17-35-28(36)26-27(34(29(35)37)18-16-22-12-14-24(30)15-13-22)31-25(21-23-10-8-7-9-11-23)33(26)20-19-32(5-2)6-3/h7-15H,4-6,16-21,30H2,1-3H3. The highest BCUT2D eigenvalue weighted by atomic mass is 16.2. The van der Waals surface area contributed by atoms with Crippen LogP contribution in [0.3, 0.4) is 0 Å². The summed E-state index contributed by atoms with van der Waals surface area (Å²) in [6.45, 7) is 10.4. The van der Waals surface area contributed by atoms with Gasteiger partial charge in [0, 0.05) is 38.3 Å². The highest BCUT2D eigenvalue weighted by Crippen LogP contribution is 2.17. The summed E-state index contributed by atoms with van der Waals surface area (Å²) in [6, 6.07) is 17.8. The van der Waals surface area contributed by atoms with Crippen molar-refractivity contribution in [2.24, 2.45) is 0 Å². The van der Waals surface area contributed by atoms with Gasteiger partial charge in [-0.05, 0) is 49.2 Å². The van der Waals surface area contributed by atoms with E-state index in [1.807, 2.05) is 54.0 Å². The number of benzene rings is 2. The lowest BCUT2D eigenvalue weighted by Crippen LogP contribution is -2.41. The lowest BCUT2D eigenvalue weighted by atomic mass is 10.1. The fraction of sp³-hybridized carbons (Fsp3) is 0.414. The van der Waals surface area contributed by atoms with Crippen LogP contribution in [-0.2, 0) is 32.5 Å². The van der Waals surface area contributed by atoms with Crippen LogP contribution in [0.4, 0.5) is 5.69 Å². The largest absolute Gasteiger partial charge is 0.399 e. The Morgan fingerprint density at radius 2 is 1.51 bits per heavy atom. The third kappa shape index (κ3) is 5.85. The minimum atomic E-state index is -0.297. The summed E-state index contributed by atoms with van der Waals surface area (Å²) >= 11 is 0. The van der Waals surface area contributed by atoms with Crippen molar-refractivity contribution in [1.82, 2.24) is 23.6 Å². The van der Waals surface area contributed by atoms with Crippen LogP contribution in [0.5, 0.6) is 0 Å². The number of imidazole rings is 1. The number of nitrogens with zero attached hydrogens (tertiary/aromatic N) is 5. The fourth-order valence-corrected chi connectivity index (χ4v) is 4.82. The van der Waals surface area contributed by atoms with E-state index in [0.29, 0.717) is 55.7 Å². The molecule has 0 aliphatic heterocycles. The second-order valence-corrected chi connectivity index (χ2v) is 9.42. The minimum Gasteiger partial charge on any atom is -0.399 e. The molecule has 0 unspecified atom stereocenters. The summed E-state index contributed by atoms with van der Waals surface area (Å²) in [5.74, 6) is 0.806. The lowest BCUT2D eigenvalue weighted by Gasteiger charge is -2.19. The number of fused-ring (bicyclic) bond motifs is 1.